The molecule has 20 heavy (non-hydrogen) atoms. The van der Waals surface area contributed by atoms with Crippen molar-refractivity contribution >= 4 is 21.6 Å². The van der Waals surface area contributed by atoms with Gasteiger partial charge in [-0.25, -0.2) is 13.1 Å². The molecule has 2 aromatic heterocycles. The van der Waals surface area contributed by atoms with Crippen LogP contribution >= 0.6 is 11.6 Å². The molecule has 0 radical (unpaired) electrons. The van der Waals surface area contributed by atoms with Crippen molar-refractivity contribution in [2.24, 2.45) is 7.05 Å². The zero-order valence-corrected chi connectivity index (χ0v) is 13.0. The van der Waals surface area contributed by atoms with Gasteiger partial charge in [-0.1, -0.05) is 11.6 Å². The highest BCUT2D eigenvalue weighted by atomic mass is 35.5. The van der Waals surface area contributed by atoms with Crippen LogP contribution in [0.25, 0.3) is 0 Å². The molecule has 6 nitrogen and oxygen atoms in total. The topological polar surface area (TPSA) is 76.9 Å². The molecular weight excluding hydrogens is 300 g/mol. The molecule has 8 heteroatoms. The van der Waals surface area contributed by atoms with E-state index in [2.05, 4.69) is 14.8 Å². The summed E-state index contributed by atoms with van der Waals surface area (Å²) in [5.41, 5.74) is 2.57. The highest BCUT2D eigenvalue weighted by Gasteiger charge is 2.19. The third-order valence-electron chi connectivity index (χ3n) is 3.12. The molecule has 0 saturated heterocycles. The monoisotopic (exact) mass is 314 g/mol. The van der Waals surface area contributed by atoms with Crippen molar-refractivity contribution in [2.45, 2.75) is 25.3 Å². The number of hydrogen-bond donors (Lipinski definition) is 1. The lowest BCUT2D eigenvalue weighted by Crippen LogP contribution is -2.24. The average molecular weight is 315 g/mol. The molecule has 0 unspecified atom stereocenters. The lowest BCUT2D eigenvalue weighted by atomic mass is 10.2. The van der Waals surface area contributed by atoms with E-state index in [0.717, 1.165) is 17.0 Å². The van der Waals surface area contributed by atoms with Gasteiger partial charge in [-0.15, -0.1) is 0 Å². The Morgan fingerprint density at radius 1 is 1.40 bits per heavy atom. The molecule has 1 N–H and O–H groups in total. The number of aromatic nitrogens is 3. The molecule has 2 rings (SSSR count). The smallest absolute Gasteiger partial charge is 0.243 e. The average Bonchev–Trinajstić information content (AvgIpc) is 2.61. The quantitative estimate of drug-likeness (QED) is 0.929. The zero-order chi connectivity index (χ0) is 14.9. The molecule has 0 saturated carbocycles. The van der Waals surface area contributed by atoms with Crippen LogP contribution in [-0.4, -0.2) is 23.2 Å². The fourth-order valence-electron chi connectivity index (χ4n) is 1.88. The fourth-order valence-corrected chi connectivity index (χ4v) is 3.30. The van der Waals surface area contributed by atoms with Crippen LogP contribution in [0.3, 0.4) is 0 Å². The number of hydrogen-bond acceptors (Lipinski definition) is 4. The molecular formula is C12H15ClN4O2S. The first-order valence-electron chi connectivity index (χ1n) is 5.91. The Hall–Kier alpha value is -1.44. The molecule has 0 atom stereocenters. The number of sulfonamides is 1. The Kier molecular flexibility index (Phi) is 4.12. The third-order valence-corrected chi connectivity index (χ3v) is 4.99. The van der Waals surface area contributed by atoms with Crippen LogP contribution in [0, 0.1) is 13.8 Å². The van der Waals surface area contributed by atoms with Crippen LogP contribution in [0.15, 0.2) is 23.4 Å². The van der Waals surface area contributed by atoms with Crippen LogP contribution < -0.4 is 4.72 Å². The van der Waals surface area contributed by atoms with Crippen LogP contribution in [0.1, 0.15) is 17.0 Å². The summed E-state index contributed by atoms with van der Waals surface area (Å²) in [4.78, 5) is 3.76. The Bertz CT molecular complexity index is 740. The first kappa shape index (κ1) is 15.0. The predicted octanol–water partition coefficient (Wildman–Crippen LogP) is 1.56. The summed E-state index contributed by atoms with van der Waals surface area (Å²) in [6.07, 6.45) is 2.67. The van der Waals surface area contributed by atoms with Crippen LogP contribution in [0.5, 0.6) is 0 Å². The van der Waals surface area contributed by atoms with Gasteiger partial charge in [0.2, 0.25) is 10.0 Å². The van der Waals surface area contributed by atoms with Crippen LogP contribution in [-0.2, 0) is 23.6 Å². The second kappa shape index (κ2) is 5.51. The summed E-state index contributed by atoms with van der Waals surface area (Å²) in [5, 5.41) is 4.39. The molecule has 0 aromatic carbocycles. The number of nitrogens with one attached hydrogen (secondary N) is 1. The number of rotatable bonds is 4. The largest absolute Gasteiger partial charge is 0.272 e. The molecule has 2 heterocycles. The summed E-state index contributed by atoms with van der Waals surface area (Å²) in [7, 11) is -1.88. The molecule has 0 amide bonds. The Balaban J connectivity index is 2.24. The highest BCUT2D eigenvalue weighted by Crippen LogP contribution is 2.20. The number of pyridine rings is 1. The van der Waals surface area contributed by atoms with E-state index in [0.29, 0.717) is 0 Å². The lowest BCUT2D eigenvalue weighted by molar-refractivity contribution is 0.580. The maximum atomic E-state index is 12.2. The summed E-state index contributed by atoms with van der Waals surface area (Å²) < 4.78 is 28.6. The van der Waals surface area contributed by atoms with Crippen molar-refractivity contribution in [1.29, 1.82) is 0 Å². The van der Waals surface area contributed by atoms with E-state index < -0.39 is 10.0 Å². The maximum Gasteiger partial charge on any atom is 0.243 e. The van der Waals surface area contributed by atoms with E-state index in [1.807, 2.05) is 20.9 Å². The van der Waals surface area contributed by atoms with Crippen molar-refractivity contribution in [3.05, 3.63) is 40.4 Å². The van der Waals surface area contributed by atoms with Crippen LogP contribution in [0.4, 0.5) is 0 Å². The SMILES string of the molecule is Cc1nn(C)c(C)c1CNS(=O)(=O)c1cnccc1Cl. The second-order valence-corrected chi connectivity index (χ2v) is 6.55. The van der Waals surface area contributed by atoms with Crippen molar-refractivity contribution in [3.63, 3.8) is 0 Å². The highest BCUT2D eigenvalue weighted by molar-refractivity contribution is 7.89. The van der Waals surface area contributed by atoms with Gasteiger partial charge in [0.05, 0.1) is 10.7 Å². The number of aryl methyl sites for hydroxylation is 2. The van der Waals surface area contributed by atoms with E-state index in [1.165, 1.54) is 18.5 Å². The van der Waals surface area contributed by atoms with E-state index in [9.17, 15) is 8.42 Å². The second-order valence-electron chi connectivity index (χ2n) is 4.40. The maximum absolute atomic E-state index is 12.2. The molecule has 108 valence electrons. The molecule has 0 fully saturated rings. The Morgan fingerprint density at radius 2 is 2.10 bits per heavy atom. The Morgan fingerprint density at radius 3 is 2.65 bits per heavy atom. The molecule has 0 aliphatic heterocycles. The molecule has 0 spiro atoms. The number of halogens is 1. The summed E-state index contributed by atoms with van der Waals surface area (Å²) in [6.45, 7) is 3.90. The summed E-state index contributed by atoms with van der Waals surface area (Å²) in [5.74, 6) is 0. The lowest BCUT2D eigenvalue weighted by Gasteiger charge is -2.08. The van der Waals surface area contributed by atoms with Crippen molar-refractivity contribution in [3.8, 4) is 0 Å². The molecule has 0 bridgehead atoms. The predicted molar refractivity (Wildman–Crippen MR) is 76.0 cm³/mol. The first-order chi connectivity index (χ1) is 9.33. The van der Waals surface area contributed by atoms with E-state index in [1.54, 1.807) is 4.68 Å². The molecule has 0 aliphatic rings. The van der Waals surface area contributed by atoms with Gasteiger partial charge < -0.3 is 0 Å². The normalized spacial score (nSPS) is 11.8. The molecule has 2 aromatic rings. The standard InChI is InChI=1S/C12H15ClN4O2S/c1-8-10(9(2)17(3)16-8)6-15-20(18,19)12-7-14-5-4-11(12)13/h4-5,7,15H,6H2,1-3H3. The Labute approximate surface area is 122 Å². The van der Waals surface area contributed by atoms with Crippen molar-refractivity contribution in [2.75, 3.05) is 0 Å². The van der Waals surface area contributed by atoms with Crippen LogP contribution in [0.2, 0.25) is 5.02 Å². The van der Waals surface area contributed by atoms with E-state index >= 15 is 0 Å². The van der Waals surface area contributed by atoms with Gasteiger partial charge in [0.1, 0.15) is 4.90 Å². The van der Waals surface area contributed by atoms with Gasteiger partial charge in [-0.3, -0.25) is 9.67 Å². The van der Waals surface area contributed by atoms with Gasteiger partial charge in [0.15, 0.2) is 0 Å². The van der Waals surface area contributed by atoms with Gasteiger partial charge in [0.25, 0.3) is 0 Å². The van der Waals surface area contributed by atoms with E-state index in [-0.39, 0.29) is 16.5 Å². The van der Waals surface area contributed by atoms with Gasteiger partial charge in [-0.2, -0.15) is 5.10 Å². The first-order valence-corrected chi connectivity index (χ1v) is 7.77. The number of nitrogens with zero attached hydrogens (tertiary/aromatic N) is 3. The van der Waals surface area contributed by atoms with Gasteiger partial charge in [0, 0.05) is 37.2 Å². The fraction of sp³-hybridized carbons (Fsp3) is 0.333. The van der Waals surface area contributed by atoms with Gasteiger partial charge in [-0.05, 0) is 19.9 Å². The zero-order valence-electron chi connectivity index (χ0n) is 11.4. The van der Waals surface area contributed by atoms with Crippen molar-refractivity contribution in [1.82, 2.24) is 19.5 Å². The summed E-state index contributed by atoms with van der Waals surface area (Å²) >= 11 is 5.88. The van der Waals surface area contributed by atoms with Gasteiger partial charge >= 0.3 is 0 Å². The summed E-state index contributed by atoms with van der Waals surface area (Å²) in [6, 6.07) is 1.44. The van der Waals surface area contributed by atoms with E-state index in [4.69, 9.17) is 11.6 Å². The minimum atomic E-state index is -3.69. The minimum Gasteiger partial charge on any atom is -0.272 e. The van der Waals surface area contributed by atoms with Crippen molar-refractivity contribution < 1.29 is 8.42 Å². The third kappa shape index (κ3) is 2.84. The molecule has 0 aliphatic carbocycles. The minimum absolute atomic E-state index is 0.0270.